The number of carbonyl (C=O) groups excluding carboxylic acids is 1. The molecule has 0 N–H and O–H groups in total. The first-order chi connectivity index (χ1) is 9.74. The first-order valence-electron chi connectivity index (χ1n) is 6.62. The number of hydrogen-bond acceptors (Lipinski definition) is 3. The van der Waals surface area contributed by atoms with Crippen molar-refractivity contribution < 1.29 is 14.3 Å². The van der Waals surface area contributed by atoms with Gasteiger partial charge in [0.25, 0.3) is 0 Å². The number of esters is 1. The Hall–Kier alpha value is -2.29. The van der Waals surface area contributed by atoms with Gasteiger partial charge in [0.15, 0.2) is 0 Å². The van der Waals surface area contributed by atoms with E-state index in [1.54, 1.807) is 14.0 Å². The first kappa shape index (κ1) is 14.1. The molecule has 0 aliphatic rings. The molecule has 0 bridgehead atoms. The molecule has 0 fully saturated rings. The lowest BCUT2D eigenvalue weighted by molar-refractivity contribution is -0.142. The van der Waals surface area contributed by atoms with Crippen LogP contribution < -0.4 is 4.74 Å². The quantitative estimate of drug-likeness (QED) is 0.780. The van der Waals surface area contributed by atoms with Crippen LogP contribution in [0.5, 0.6) is 5.75 Å². The van der Waals surface area contributed by atoms with E-state index in [0.717, 1.165) is 22.4 Å². The van der Waals surface area contributed by atoms with Gasteiger partial charge in [-0.05, 0) is 24.1 Å². The zero-order valence-electron chi connectivity index (χ0n) is 11.8. The zero-order valence-corrected chi connectivity index (χ0v) is 11.8. The Morgan fingerprint density at radius 2 is 1.85 bits per heavy atom. The molecule has 104 valence electrons. The minimum atomic E-state index is -0.220. The molecule has 2 rings (SSSR count). The van der Waals surface area contributed by atoms with Crippen molar-refractivity contribution in [1.82, 2.24) is 0 Å². The van der Waals surface area contributed by atoms with Crippen LogP contribution in [0.25, 0.3) is 11.1 Å². The summed E-state index contributed by atoms with van der Waals surface area (Å²) in [7, 11) is 1.63. The highest BCUT2D eigenvalue weighted by Gasteiger charge is 2.09. The standard InChI is InChI=1S/C17H18O3/c1-3-20-17(18)12-13-9-10-15(16(11-13)19-2)14-7-5-4-6-8-14/h4-11H,3,12H2,1-2H3. The third-order valence-electron chi connectivity index (χ3n) is 3.00. The van der Waals surface area contributed by atoms with Crippen molar-refractivity contribution in [3.63, 3.8) is 0 Å². The molecule has 0 saturated heterocycles. The highest BCUT2D eigenvalue weighted by atomic mass is 16.5. The molecule has 0 radical (unpaired) electrons. The summed E-state index contributed by atoms with van der Waals surface area (Å²) in [5.41, 5.74) is 2.99. The van der Waals surface area contributed by atoms with Crippen LogP contribution in [0, 0.1) is 0 Å². The van der Waals surface area contributed by atoms with Crippen molar-refractivity contribution in [3.05, 3.63) is 54.1 Å². The summed E-state index contributed by atoms with van der Waals surface area (Å²) in [6, 6.07) is 15.8. The molecular weight excluding hydrogens is 252 g/mol. The Morgan fingerprint density at radius 3 is 2.50 bits per heavy atom. The number of methoxy groups -OCH3 is 1. The van der Waals surface area contributed by atoms with Crippen molar-refractivity contribution in [2.45, 2.75) is 13.3 Å². The van der Waals surface area contributed by atoms with Gasteiger partial charge in [-0.2, -0.15) is 0 Å². The minimum Gasteiger partial charge on any atom is -0.496 e. The van der Waals surface area contributed by atoms with E-state index < -0.39 is 0 Å². The van der Waals surface area contributed by atoms with Gasteiger partial charge in [-0.15, -0.1) is 0 Å². The highest BCUT2D eigenvalue weighted by Crippen LogP contribution is 2.30. The molecular formula is C17H18O3. The number of carbonyl (C=O) groups is 1. The second-order valence-corrected chi connectivity index (χ2v) is 4.38. The summed E-state index contributed by atoms with van der Waals surface area (Å²) in [4.78, 5) is 11.5. The monoisotopic (exact) mass is 270 g/mol. The lowest BCUT2D eigenvalue weighted by atomic mass is 10.0. The van der Waals surface area contributed by atoms with Gasteiger partial charge in [-0.3, -0.25) is 4.79 Å². The normalized spacial score (nSPS) is 10.1. The summed E-state index contributed by atoms with van der Waals surface area (Å²) >= 11 is 0. The van der Waals surface area contributed by atoms with Gasteiger partial charge in [-0.25, -0.2) is 0 Å². The van der Waals surface area contributed by atoms with Crippen molar-refractivity contribution in [3.8, 4) is 16.9 Å². The Morgan fingerprint density at radius 1 is 1.10 bits per heavy atom. The molecule has 2 aromatic carbocycles. The van der Waals surface area contributed by atoms with E-state index in [0.29, 0.717) is 6.61 Å². The average molecular weight is 270 g/mol. The lowest BCUT2D eigenvalue weighted by Gasteiger charge is -2.11. The van der Waals surface area contributed by atoms with Gasteiger partial charge >= 0.3 is 5.97 Å². The van der Waals surface area contributed by atoms with E-state index >= 15 is 0 Å². The van der Waals surface area contributed by atoms with Gasteiger partial charge in [-0.1, -0.05) is 42.5 Å². The van der Waals surface area contributed by atoms with Crippen molar-refractivity contribution >= 4 is 5.97 Å². The lowest BCUT2D eigenvalue weighted by Crippen LogP contribution is -2.07. The Labute approximate surface area is 119 Å². The maximum Gasteiger partial charge on any atom is 0.310 e. The van der Waals surface area contributed by atoms with Crippen LogP contribution in [-0.2, 0) is 16.0 Å². The van der Waals surface area contributed by atoms with Crippen LogP contribution in [0.4, 0.5) is 0 Å². The molecule has 0 aromatic heterocycles. The maximum absolute atomic E-state index is 11.5. The van der Waals surface area contributed by atoms with E-state index in [1.807, 2.05) is 48.5 Å². The van der Waals surface area contributed by atoms with Gasteiger partial charge in [0, 0.05) is 5.56 Å². The fraction of sp³-hybridized carbons (Fsp3) is 0.235. The van der Waals surface area contributed by atoms with Crippen LogP contribution in [0.2, 0.25) is 0 Å². The SMILES string of the molecule is CCOC(=O)Cc1ccc(-c2ccccc2)c(OC)c1. The van der Waals surface area contributed by atoms with Gasteiger partial charge in [0.2, 0.25) is 0 Å². The van der Waals surface area contributed by atoms with E-state index in [9.17, 15) is 4.79 Å². The summed E-state index contributed by atoms with van der Waals surface area (Å²) in [5.74, 6) is 0.542. The summed E-state index contributed by atoms with van der Waals surface area (Å²) < 4.78 is 10.4. The third kappa shape index (κ3) is 3.38. The van der Waals surface area contributed by atoms with Gasteiger partial charge < -0.3 is 9.47 Å². The van der Waals surface area contributed by atoms with Gasteiger partial charge in [0.1, 0.15) is 5.75 Å². The highest BCUT2D eigenvalue weighted by molar-refractivity contribution is 5.75. The van der Waals surface area contributed by atoms with Crippen molar-refractivity contribution in [2.75, 3.05) is 13.7 Å². The maximum atomic E-state index is 11.5. The fourth-order valence-corrected chi connectivity index (χ4v) is 2.08. The molecule has 0 unspecified atom stereocenters. The van der Waals surface area contributed by atoms with E-state index in [2.05, 4.69) is 0 Å². The molecule has 0 aliphatic carbocycles. The molecule has 2 aromatic rings. The predicted octanol–water partition coefficient (Wildman–Crippen LogP) is 3.47. The molecule has 0 spiro atoms. The second-order valence-electron chi connectivity index (χ2n) is 4.38. The van der Waals surface area contributed by atoms with E-state index in [-0.39, 0.29) is 12.4 Å². The zero-order chi connectivity index (χ0) is 14.4. The second kappa shape index (κ2) is 6.75. The number of ether oxygens (including phenoxy) is 2. The molecule has 3 nitrogen and oxygen atoms in total. The third-order valence-corrected chi connectivity index (χ3v) is 3.00. The Bertz CT molecular complexity index is 576. The summed E-state index contributed by atoms with van der Waals surface area (Å²) in [5, 5.41) is 0. The molecule has 0 atom stereocenters. The molecule has 0 aliphatic heterocycles. The summed E-state index contributed by atoms with van der Waals surface area (Å²) in [6.07, 6.45) is 0.263. The van der Waals surface area contributed by atoms with E-state index in [4.69, 9.17) is 9.47 Å². The van der Waals surface area contributed by atoms with E-state index in [1.165, 1.54) is 0 Å². The topological polar surface area (TPSA) is 35.5 Å². The molecule has 0 saturated carbocycles. The molecule has 0 amide bonds. The Kier molecular flexibility index (Phi) is 4.77. The van der Waals surface area contributed by atoms with Crippen LogP contribution >= 0.6 is 0 Å². The molecule has 20 heavy (non-hydrogen) atoms. The van der Waals surface area contributed by atoms with Crippen molar-refractivity contribution in [2.24, 2.45) is 0 Å². The number of benzene rings is 2. The molecule has 0 heterocycles. The largest absolute Gasteiger partial charge is 0.496 e. The fourth-order valence-electron chi connectivity index (χ4n) is 2.08. The van der Waals surface area contributed by atoms with Crippen LogP contribution in [0.3, 0.4) is 0 Å². The predicted molar refractivity (Wildman–Crippen MR) is 78.8 cm³/mol. The minimum absolute atomic E-state index is 0.220. The average Bonchev–Trinajstić information content (AvgIpc) is 2.48. The van der Waals surface area contributed by atoms with Crippen LogP contribution in [0.15, 0.2) is 48.5 Å². The number of rotatable bonds is 5. The Balaban J connectivity index is 2.27. The van der Waals surface area contributed by atoms with Crippen molar-refractivity contribution in [1.29, 1.82) is 0 Å². The number of hydrogen-bond donors (Lipinski definition) is 0. The van der Waals surface area contributed by atoms with Gasteiger partial charge in [0.05, 0.1) is 20.1 Å². The smallest absolute Gasteiger partial charge is 0.310 e. The molecule has 3 heteroatoms. The summed E-state index contributed by atoms with van der Waals surface area (Å²) in [6.45, 7) is 2.20. The van der Waals surface area contributed by atoms with Crippen LogP contribution in [0.1, 0.15) is 12.5 Å². The van der Waals surface area contributed by atoms with Crippen LogP contribution in [-0.4, -0.2) is 19.7 Å². The first-order valence-corrected chi connectivity index (χ1v) is 6.62.